The Balaban J connectivity index is 1.30. The van der Waals surface area contributed by atoms with Crippen LogP contribution in [0.4, 0.5) is 22.2 Å². The van der Waals surface area contributed by atoms with E-state index < -0.39 is 0 Å². The number of aromatic nitrogens is 4. The first-order valence-electron chi connectivity index (χ1n) is 12.4. The fourth-order valence-electron chi connectivity index (χ4n) is 3.68. The van der Waals surface area contributed by atoms with E-state index in [-0.39, 0.29) is 11.4 Å². The second-order valence-electron chi connectivity index (χ2n) is 9.87. The van der Waals surface area contributed by atoms with Crippen LogP contribution in [0.1, 0.15) is 37.6 Å². The van der Waals surface area contributed by atoms with Gasteiger partial charge in [-0.1, -0.05) is 38.7 Å². The lowest BCUT2D eigenvalue weighted by molar-refractivity contribution is 0.0398. The molecule has 194 valence electrons. The van der Waals surface area contributed by atoms with Gasteiger partial charge in [0.25, 0.3) is 0 Å². The van der Waals surface area contributed by atoms with Crippen LogP contribution in [-0.4, -0.2) is 70.1 Å². The number of urea groups is 1. The summed E-state index contributed by atoms with van der Waals surface area (Å²) in [6.45, 7) is 11.4. The van der Waals surface area contributed by atoms with Crippen molar-refractivity contribution < 1.29 is 9.53 Å². The van der Waals surface area contributed by atoms with Crippen molar-refractivity contribution in [1.29, 1.82) is 0 Å². The highest BCUT2D eigenvalue weighted by Crippen LogP contribution is 2.23. The maximum Gasteiger partial charge on any atom is 0.324 e. The number of nitrogens with zero attached hydrogens (tertiary/aromatic N) is 5. The number of carbonyl (C=O) groups excluding carboxylic acids is 1. The molecule has 0 atom stereocenters. The number of aryl methyl sites for hydroxylation is 1. The molecule has 37 heavy (non-hydrogen) atoms. The third-order valence-electron chi connectivity index (χ3n) is 5.83. The lowest BCUT2D eigenvalue weighted by Crippen LogP contribution is -2.39. The van der Waals surface area contributed by atoms with Gasteiger partial charge < -0.3 is 15.4 Å². The van der Waals surface area contributed by atoms with Crippen LogP contribution in [0, 0.1) is 11.8 Å². The highest BCUT2D eigenvalue weighted by molar-refractivity contribution is 5.99. The zero-order chi connectivity index (χ0) is 26.3. The van der Waals surface area contributed by atoms with Gasteiger partial charge in [0.2, 0.25) is 5.95 Å². The van der Waals surface area contributed by atoms with E-state index in [0.717, 1.165) is 50.7 Å². The quantitative estimate of drug-likeness (QED) is 0.444. The Labute approximate surface area is 217 Å². The lowest BCUT2D eigenvalue weighted by atomic mass is 9.92. The average Bonchev–Trinajstić information content (AvgIpc) is 3.25. The first-order valence-corrected chi connectivity index (χ1v) is 12.4. The number of anilines is 3. The van der Waals surface area contributed by atoms with Gasteiger partial charge in [0.15, 0.2) is 0 Å². The number of ether oxygens (including phenoxy) is 1. The van der Waals surface area contributed by atoms with Crippen molar-refractivity contribution in [2.75, 3.05) is 55.3 Å². The minimum absolute atomic E-state index is 0.105. The molecule has 0 spiro atoms. The van der Waals surface area contributed by atoms with Crippen molar-refractivity contribution in [3.05, 3.63) is 59.5 Å². The van der Waals surface area contributed by atoms with E-state index in [2.05, 4.69) is 68.5 Å². The summed E-state index contributed by atoms with van der Waals surface area (Å²) in [6, 6.07) is 8.90. The van der Waals surface area contributed by atoms with Crippen LogP contribution in [0.2, 0.25) is 0 Å². The number of benzene rings is 1. The molecule has 0 radical (unpaired) electrons. The lowest BCUT2D eigenvalue weighted by Gasteiger charge is -2.26. The minimum Gasteiger partial charge on any atom is -0.379 e. The van der Waals surface area contributed by atoms with Crippen molar-refractivity contribution in [2.24, 2.45) is 7.05 Å². The molecule has 2 aromatic heterocycles. The highest BCUT2D eigenvalue weighted by Gasteiger charge is 2.19. The fraction of sp³-hybridized carbons (Fsp3) is 0.407. The monoisotopic (exact) mass is 502 g/mol. The van der Waals surface area contributed by atoms with Gasteiger partial charge in [0, 0.05) is 68.4 Å². The molecule has 0 bridgehead atoms. The fourth-order valence-corrected chi connectivity index (χ4v) is 3.68. The molecule has 10 nitrogen and oxygen atoms in total. The van der Waals surface area contributed by atoms with Gasteiger partial charge in [-0.15, -0.1) is 0 Å². The first-order chi connectivity index (χ1) is 17.8. The van der Waals surface area contributed by atoms with Gasteiger partial charge in [-0.05, 0) is 18.2 Å². The van der Waals surface area contributed by atoms with Crippen LogP contribution in [-0.2, 0) is 17.2 Å². The van der Waals surface area contributed by atoms with Crippen molar-refractivity contribution in [3.63, 3.8) is 0 Å². The Morgan fingerprint density at radius 3 is 2.49 bits per heavy atom. The molecule has 3 heterocycles. The van der Waals surface area contributed by atoms with E-state index >= 15 is 0 Å². The molecule has 1 aliphatic heterocycles. The predicted octanol–water partition coefficient (Wildman–Crippen LogP) is 3.30. The SMILES string of the molecule is Cn1nc(C(C)(C)C)cc1NC(=O)Nc1cccc(C#Cc2cnc(NCCN3CCOCC3)nc2)c1. The Kier molecular flexibility index (Phi) is 8.38. The van der Waals surface area contributed by atoms with Crippen LogP contribution in [0.15, 0.2) is 42.7 Å². The molecular formula is C27H34N8O2. The van der Waals surface area contributed by atoms with Gasteiger partial charge in [-0.2, -0.15) is 5.10 Å². The maximum atomic E-state index is 12.6. The Bertz CT molecular complexity index is 1260. The molecule has 3 N–H and O–H groups in total. The summed E-state index contributed by atoms with van der Waals surface area (Å²) < 4.78 is 7.03. The highest BCUT2D eigenvalue weighted by atomic mass is 16.5. The first kappa shape index (κ1) is 26.1. The van der Waals surface area contributed by atoms with E-state index in [4.69, 9.17) is 4.74 Å². The molecular weight excluding hydrogens is 468 g/mol. The molecule has 4 rings (SSSR count). The molecule has 3 aromatic rings. The Morgan fingerprint density at radius 2 is 1.78 bits per heavy atom. The average molecular weight is 503 g/mol. The van der Waals surface area contributed by atoms with Gasteiger partial charge in [-0.3, -0.25) is 14.9 Å². The second-order valence-corrected chi connectivity index (χ2v) is 9.87. The standard InChI is InChI=1S/C27H34N8O2/c1-27(2,3)23-17-24(34(4)33-23)32-26(36)31-22-7-5-6-20(16-22)8-9-21-18-29-25(30-19-21)28-10-11-35-12-14-37-15-13-35/h5-7,16-19H,10-15H2,1-4H3,(H,28,29,30)(H2,31,32,36). The Hall–Kier alpha value is -3.94. The van der Waals surface area contributed by atoms with Crippen molar-refractivity contribution in [1.82, 2.24) is 24.6 Å². The summed E-state index contributed by atoms with van der Waals surface area (Å²) in [5.74, 6) is 7.39. The molecule has 0 unspecified atom stereocenters. The largest absolute Gasteiger partial charge is 0.379 e. The van der Waals surface area contributed by atoms with Gasteiger partial charge in [0.1, 0.15) is 5.82 Å². The molecule has 0 aliphatic carbocycles. The normalized spacial score (nSPS) is 13.9. The number of amides is 2. The molecule has 1 aromatic carbocycles. The van der Waals surface area contributed by atoms with Crippen molar-refractivity contribution in [3.8, 4) is 11.8 Å². The van der Waals surface area contributed by atoms with Crippen molar-refractivity contribution in [2.45, 2.75) is 26.2 Å². The summed E-state index contributed by atoms with van der Waals surface area (Å²) in [5, 5.41) is 13.4. The van der Waals surface area contributed by atoms with E-state index in [0.29, 0.717) is 23.0 Å². The van der Waals surface area contributed by atoms with E-state index in [1.807, 2.05) is 30.3 Å². The van der Waals surface area contributed by atoms with Crippen LogP contribution in [0.5, 0.6) is 0 Å². The third kappa shape index (κ3) is 7.77. The van der Waals surface area contributed by atoms with E-state index in [1.54, 1.807) is 24.1 Å². The number of rotatable bonds is 6. The molecule has 0 saturated carbocycles. The summed E-state index contributed by atoms with van der Waals surface area (Å²) in [4.78, 5) is 23.6. The minimum atomic E-state index is -0.348. The van der Waals surface area contributed by atoms with Gasteiger partial charge in [0.05, 0.1) is 24.5 Å². The summed E-state index contributed by atoms with van der Waals surface area (Å²) in [7, 11) is 1.80. The molecule has 1 aliphatic rings. The van der Waals surface area contributed by atoms with Gasteiger partial charge >= 0.3 is 6.03 Å². The zero-order valence-electron chi connectivity index (χ0n) is 21.8. The summed E-state index contributed by atoms with van der Waals surface area (Å²) in [5.41, 5.74) is 2.91. The van der Waals surface area contributed by atoms with Crippen LogP contribution < -0.4 is 16.0 Å². The van der Waals surface area contributed by atoms with Gasteiger partial charge in [-0.25, -0.2) is 14.8 Å². The summed E-state index contributed by atoms with van der Waals surface area (Å²) >= 11 is 0. The van der Waals surface area contributed by atoms with Crippen LogP contribution in [0.3, 0.4) is 0 Å². The van der Waals surface area contributed by atoms with E-state index in [9.17, 15) is 4.79 Å². The maximum absolute atomic E-state index is 12.6. The summed E-state index contributed by atoms with van der Waals surface area (Å²) in [6.07, 6.45) is 3.40. The smallest absolute Gasteiger partial charge is 0.324 e. The third-order valence-corrected chi connectivity index (χ3v) is 5.83. The van der Waals surface area contributed by atoms with E-state index in [1.165, 1.54) is 0 Å². The zero-order valence-corrected chi connectivity index (χ0v) is 21.8. The molecule has 2 amide bonds. The predicted molar refractivity (Wildman–Crippen MR) is 145 cm³/mol. The number of morpholine rings is 1. The molecule has 1 saturated heterocycles. The number of hydrogen-bond acceptors (Lipinski definition) is 7. The number of carbonyl (C=O) groups is 1. The number of nitrogens with one attached hydrogen (secondary N) is 3. The second kappa shape index (κ2) is 11.9. The Morgan fingerprint density at radius 1 is 1.05 bits per heavy atom. The molecule has 1 fully saturated rings. The van der Waals surface area contributed by atoms with Crippen LogP contribution >= 0.6 is 0 Å². The number of hydrogen-bond donors (Lipinski definition) is 3. The molecule has 10 heteroatoms. The van der Waals surface area contributed by atoms with Crippen LogP contribution in [0.25, 0.3) is 0 Å². The topological polar surface area (TPSA) is 109 Å². The van der Waals surface area contributed by atoms with Crippen molar-refractivity contribution >= 4 is 23.5 Å².